The molecular formula is C26H30NO6+. The summed E-state index contributed by atoms with van der Waals surface area (Å²) in [5, 5.41) is 40.1. The maximum absolute atomic E-state index is 11.5. The van der Waals surface area contributed by atoms with Crippen LogP contribution in [0, 0.1) is 0 Å². The predicted octanol–water partition coefficient (Wildman–Crippen LogP) is 1.96. The largest absolute Gasteiger partial charge is 0.479 e. The summed E-state index contributed by atoms with van der Waals surface area (Å²) < 4.78 is 5.68. The predicted molar refractivity (Wildman–Crippen MR) is 125 cm³/mol. The van der Waals surface area contributed by atoms with Gasteiger partial charge in [-0.2, -0.15) is 0 Å². The molecule has 33 heavy (non-hydrogen) atoms. The van der Waals surface area contributed by atoms with Crippen LogP contribution in [-0.4, -0.2) is 82.2 Å². The number of carbonyl (C=O) groups is 1. The molecule has 0 aromatic heterocycles. The number of fused-ring (bicyclic) bond motifs is 2. The number of ether oxygens (including phenoxy) is 1. The van der Waals surface area contributed by atoms with Crippen molar-refractivity contribution in [1.29, 1.82) is 0 Å². The van der Waals surface area contributed by atoms with Gasteiger partial charge in [-0.3, -0.25) is 0 Å². The molecule has 0 radical (unpaired) electrons. The Morgan fingerprint density at radius 2 is 1.45 bits per heavy atom. The number of quaternary nitrogens is 1. The van der Waals surface area contributed by atoms with E-state index in [9.17, 15) is 25.2 Å². The van der Waals surface area contributed by atoms with Gasteiger partial charge in [-0.05, 0) is 27.8 Å². The number of benzene rings is 2. The van der Waals surface area contributed by atoms with E-state index >= 15 is 0 Å². The minimum Gasteiger partial charge on any atom is -0.479 e. The average Bonchev–Trinajstić information content (AvgIpc) is 2.94. The molecule has 4 N–H and O–H groups in total. The number of aliphatic carboxylic acids is 1. The van der Waals surface area contributed by atoms with Crippen LogP contribution in [0.1, 0.15) is 28.7 Å². The van der Waals surface area contributed by atoms with Gasteiger partial charge < -0.3 is 29.6 Å². The molecule has 0 unspecified atom stereocenters. The summed E-state index contributed by atoms with van der Waals surface area (Å²) >= 11 is 0. The molecule has 7 nitrogen and oxygen atoms in total. The van der Waals surface area contributed by atoms with Gasteiger partial charge in [0.05, 0.1) is 20.6 Å². The zero-order valence-corrected chi connectivity index (χ0v) is 18.7. The van der Waals surface area contributed by atoms with E-state index in [1.54, 1.807) is 0 Å². The summed E-state index contributed by atoms with van der Waals surface area (Å²) in [4.78, 5) is 11.5. The molecule has 1 fully saturated rings. The molecule has 4 rings (SSSR count). The number of aliphatic hydroxyl groups excluding tert-OH is 3. The molecule has 2 aromatic rings. The Labute approximate surface area is 193 Å². The van der Waals surface area contributed by atoms with Crippen molar-refractivity contribution in [3.8, 4) is 0 Å². The highest BCUT2D eigenvalue weighted by atomic mass is 16.6. The first-order valence-corrected chi connectivity index (χ1v) is 11.0. The maximum Gasteiger partial charge on any atom is 0.335 e. The molecule has 0 saturated carbocycles. The summed E-state index contributed by atoms with van der Waals surface area (Å²) in [5.41, 5.74) is 5.61. The number of likely N-dealkylation sites (N-methyl/N-ethyl adjacent to an activating group) is 1. The fourth-order valence-corrected chi connectivity index (χ4v) is 4.63. The van der Waals surface area contributed by atoms with Crippen LogP contribution in [0.25, 0.3) is 17.7 Å². The van der Waals surface area contributed by atoms with E-state index in [4.69, 9.17) is 4.74 Å². The Morgan fingerprint density at radius 3 is 2.00 bits per heavy atom. The first-order valence-electron chi connectivity index (χ1n) is 11.0. The number of carboxylic acid groups (broad SMARTS) is 1. The van der Waals surface area contributed by atoms with Crippen molar-refractivity contribution in [2.45, 2.75) is 37.1 Å². The van der Waals surface area contributed by atoms with Crippen LogP contribution in [0.2, 0.25) is 0 Å². The van der Waals surface area contributed by atoms with Gasteiger partial charge in [-0.25, -0.2) is 4.79 Å². The minimum absolute atomic E-state index is 0.111. The van der Waals surface area contributed by atoms with Crippen molar-refractivity contribution in [2.75, 3.05) is 20.6 Å². The van der Waals surface area contributed by atoms with Gasteiger partial charge in [0, 0.05) is 6.42 Å². The van der Waals surface area contributed by atoms with Crippen LogP contribution in [0.15, 0.2) is 54.6 Å². The first-order chi connectivity index (χ1) is 15.7. The smallest absolute Gasteiger partial charge is 0.335 e. The minimum atomic E-state index is -1.69. The quantitative estimate of drug-likeness (QED) is 0.441. The molecule has 0 spiro atoms. The van der Waals surface area contributed by atoms with Gasteiger partial charge in [0.15, 0.2) is 12.2 Å². The highest BCUT2D eigenvalue weighted by Crippen LogP contribution is 2.34. The summed E-state index contributed by atoms with van der Waals surface area (Å²) in [6, 6.07) is 16.4. The summed E-state index contributed by atoms with van der Waals surface area (Å²) in [5.74, 6) is -1.38. The zero-order chi connectivity index (χ0) is 23.8. The van der Waals surface area contributed by atoms with Crippen molar-refractivity contribution in [2.24, 2.45) is 0 Å². The number of nitrogens with zero attached hydrogens (tertiary/aromatic N) is 1. The fourth-order valence-electron chi connectivity index (χ4n) is 4.63. The number of hydrogen-bond donors (Lipinski definition) is 4. The van der Waals surface area contributed by atoms with Crippen LogP contribution < -0.4 is 0 Å². The maximum atomic E-state index is 11.5. The lowest BCUT2D eigenvalue weighted by Crippen LogP contribution is -2.68. The van der Waals surface area contributed by atoms with Gasteiger partial charge in [-0.15, -0.1) is 0 Å². The Hall–Kier alpha value is -2.81. The van der Waals surface area contributed by atoms with Crippen LogP contribution in [0.3, 0.4) is 0 Å². The third-order valence-electron chi connectivity index (χ3n) is 6.52. The number of aliphatic hydroxyl groups is 3. The SMILES string of the molecule is C[N+](C)(CCC=C1c2ccccc2C=Cc2ccccc21)[C@@H]1O[C@H](C(=O)O)[C@@H](O)[C@H](O)[C@H]1O. The van der Waals surface area contributed by atoms with Crippen molar-refractivity contribution in [3.05, 3.63) is 76.9 Å². The van der Waals surface area contributed by atoms with E-state index in [-0.39, 0.29) is 4.48 Å². The van der Waals surface area contributed by atoms with Crippen molar-refractivity contribution in [1.82, 2.24) is 0 Å². The van der Waals surface area contributed by atoms with Crippen LogP contribution in [0.5, 0.6) is 0 Å². The Kier molecular flexibility index (Phi) is 6.52. The lowest BCUT2D eigenvalue weighted by atomic mass is 9.92. The second kappa shape index (κ2) is 9.21. The van der Waals surface area contributed by atoms with E-state index in [1.165, 1.54) is 0 Å². The van der Waals surface area contributed by atoms with Crippen molar-refractivity contribution >= 4 is 23.7 Å². The number of hydrogen-bond acceptors (Lipinski definition) is 5. The zero-order valence-electron chi connectivity index (χ0n) is 18.7. The third-order valence-corrected chi connectivity index (χ3v) is 6.52. The van der Waals surface area contributed by atoms with Gasteiger partial charge in [-0.1, -0.05) is 66.8 Å². The van der Waals surface area contributed by atoms with Gasteiger partial charge >= 0.3 is 5.97 Å². The topological polar surface area (TPSA) is 107 Å². The van der Waals surface area contributed by atoms with E-state index in [2.05, 4.69) is 42.5 Å². The van der Waals surface area contributed by atoms with E-state index in [1.807, 2.05) is 38.4 Å². The highest BCUT2D eigenvalue weighted by Gasteiger charge is 2.52. The molecule has 0 bridgehead atoms. The molecule has 1 aliphatic heterocycles. The molecule has 1 aliphatic carbocycles. The monoisotopic (exact) mass is 452 g/mol. The van der Waals surface area contributed by atoms with Crippen LogP contribution in [-0.2, 0) is 9.53 Å². The van der Waals surface area contributed by atoms with Gasteiger partial charge in [0.1, 0.15) is 12.2 Å². The van der Waals surface area contributed by atoms with E-state index < -0.39 is 36.6 Å². The summed E-state index contributed by atoms with van der Waals surface area (Å²) in [6.07, 6.45) is -0.321. The Balaban J connectivity index is 1.60. The molecule has 1 heterocycles. The lowest BCUT2D eigenvalue weighted by molar-refractivity contribution is -0.944. The lowest BCUT2D eigenvalue weighted by Gasteiger charge is -2.46. The second-order valence-electron chi connectivity index (χ2n) is 9.17. The van der Waals surface area contributed by atoms with E-state index in [0.717, 1.165) is 27.8 Å². The summed E-state index contributed by atoms with van der Waals surface area (Å²) in [6.45, 7) is 0.512. The van der Waals surface area contributed by atoms with Gasteiger partial charge in [0.2, 0.25) is 6.23 Å². The second-order valence-corrected chi connectivity index (χ2v) is 9.17. The molecular weight excluding hydrogens is 422 g/mol. The van der Waals surface area contributed by atoms with Gasteiger partial charge in [0.25, 0.3) is 0 Å². The van der Waals surface area contributed by atoms with Crippen molar-refractivity contribution in [3.63, 3.8) is 0 Å². The van der Waals surface area contributed by atoms with Crippen molar-refractivity contribution < 1.29 is 34.4 Å². The van der Waals surface area contributed by atoms with Crippen LogP contribution in [0.4, 0.5) is 0 Å². The summed E-state index contributed by atoms with van der Waals surface area (Å²) in [7, 11) is 3.62. The standard InChI is InChI=1S/C26H29NO6/c1-27(2,25-23(30)21(28)22(29)24(33-25)26(31)32)15-7-12-20-18-10-5-3-8-16(18)13-14-17-9-4-6-11-19(17)20/h3-6,8-14,21-25,28-30H,7,15H2,1-2H3/p+1/t21-,22-,23+,24-,25+/m0/s1. The highest BCUT2D eigenvalue weighted by molar-refractivity contribution is 5.93. The van der Waals surface area contributed by atoms with Crippen LogP contribution >= 0.6 is 0 Å². The molecule has 2 aromatic carbocycles. The third kappa shape index (κ3) is 4.51. The Bertz CT molecular complexity index is 1040. The fraction of sp³-hybridized carbons (Fsp3) is 0.346. The molecule has 7 heteroatoms. The molecule has 0 amide bonds. The normalized spacial score (nSPS) is 26.8. The molecule has 1 saturated heterocycles. The Morgan fingerprint density at radius 1 is 0.909 bits per heavy atom. The first kappa shape index (κ1) is 23.4. The molecule has 2 aliphatic rings. The average molecular weight is 453 g/mol. The molecule has 174 valence electrons. The van der Waals surface area contributed by atoms with E-state index in [0.29, 0.717) is 13.0 Å². The number of rotatable bonds is 5. The molecule has 5 atom stereocenters. The number of carboxylic acids is 1.